The standard InChI is InChI=1S/C19H29N5O3/c1-3-24(19(27)21-7-9-23-8-6-20-13-23)18(26)15-10-14-11-16(25)4-5-17(14)22(2)12-15/h6,8,13-15,17H,3-5,7,9-12H2,1-2H3,(H,21,27)/t14-,15-,17-/m1/s1. The Labute approximate surface area is 159 Å². The van der Waals surface area contributed by atoms with Crippen LogP contribution in [-0.2, 0) is 16.1 Å². The number of likely N-dealkylation sites (tertiary alicyclic amines) is 1. The SMILES string of the molecule is CCN(C(=O)NCCn1ccnc1)C(=O)[C@@H]1C[C@@H]2CC(=O)CC[C@H]2N(C)C1. The summed E-state index contributed by atoms with van der Waals surface area (Å²) in [5, 5.41) is 2.82. The van der Waals surface area contributed by atoms with Crippen LogP contribution in [0.1, 0.15) is 32.6 Å². The predicted molar refractivity (Wildman–Crippen MR) is 99.9 cm³/mol. The number of piperidine rings is 1. The molecule has 1 aliphatic heterocycles. The number of imidazole rings is 1. The van der Waals surface area contributed by atoms with E-state index in [0.717, 1.165) is 6.42 Å². The van der Waals surface area contributed by atoms with E-state index in [1.165, 1.54) is 4.90 Å². The monoisotopic (exact) mass is 375 g/mol. The van der Waals surface area contributed by atoms with Gasteiger partial charge in [-0.1, -0.05) is 0 Å². The summed E-state index contributed by atoms with van der Waals surface area (Å²) >= 11 is 0. The van der Waals surface area contributed by atoms with Gasteiger partial charge in [-0.05, 0) is 32.7 Å². The van der Waals surface area contributed by atoms with Crippen LogP contribution < -0.4 is 5.32 Å². The minimum absolute atomic E-state index is 0.138. The third-order valence-electron chi connectivity index (χ3n) is 5.80. The van der Waals surface area contributed by atoms with Crippen LogP contribution in [0.3, 0.4) is 0 Å². The molecule has 27 heavy (non-hydrogen) atoms. The fraction of sp³-hybridized carbons (Fsp3) is 0.684. The van der Waals surface area contributed by atoms with Crippen LogP contribution in [0, 0.1) is 11.8 Å². The molecule has 1 N–H and O–H groups in total. The highest BCUT2D eigenvalue weighted by atomic mass is 16.2. The first-order chi connectivity index (χ1) is 13.0. The van der Waals surface area contributed by atoms with Crippen molar-refractivity contribution in [3.63, 3.8) is 0 Å². The smallest absolute Gasteiger partial charge is 0.324 e. The van der Waals surface area contributed by atoms with Gasteiger partial charge in [-0.3, -0.25) is 14.5 Å². The van der Waals surface area contributed by atoms with Crippen molar-refractivity contribution in [3.05, 3.63) is 18.7 Å². The molecule has 3 atom stereocenters. The van der Waals surface area contributed by atoms with Gasteiger partial charge in [-0.25, -0.2) is 9.78 Å². The van der Waals surface area contributed by atoms with Gasteiger partial charge < -0.3 is 14.8 Å². The maximum atomic E-state index is 13.0. The zero-order chi connectivity index (χ0) is 19.4. The molecule has 2 fully saturated rings. The maximum absolute atomic E-state index is 13.0. The fourth-order valence-corrected chi connectivity index (χ4v) is 4.42. The Morgan fingerprint density at radius 3 is 2.93 bits per heavy atom. The van der Waals surface area contributed by atoms with Crippen molar-refractivity contribution < 1.29 is 14.4 Å². The van der Waals surface area contributed by atoms with Crippen molar-refractivity contribution in [2.24, 2.45) is 11.8 Å². The van der Waals surface area contributed by atoms with E-state index in [9.17, 15) is 14.4 Å². The molecule has 148 valence electrons. The third kappa shape index (κ3) is 4.55. The van der Waals surface area contributed by atoms with E-state index >= 15 is 0 Å². The van der Waals surface area contributed by atoms with Crippen LogP contribution in [-0.4, -0.2) is 69.8 Å². The predicted octanol–water partition coefficient (Wildman–Crippen LogP) is 1.13. The number of rotatable bonds is 5. The van der Waals surface area contributed by atoms with Gasteiger partial charge in [0.05, 0.1) is 12.2 Å². The van der Waals surface area contributed by atoms with Crippen molar-refractivity contribution in [1.82, 2.24) is 24.7 Å². The summed E-state index contributed by atoms with van der Waals surface area (Å²) in [4.78, 5) is 44.8. The summed E-state index contributed by atoms with van der Waals surface area (Å²) in [6.07, 6.45) is 7.98. The molecular formula is C19H29N5O3. The lowest BCUT2D eigenvalue weighted by atomic mass is 9.74. The third-order valence-corrected chi connectivity index (χ3v) is 5.80. The average molecular weight is 375 g/mol. The highest BCUT2D eigenvalue weighted by molar-refractivity contribution is 5.95. The van der Waals surface area contributed by atoms with Gasteiger partial charge >= 0.3 is 6.03 Å². The Morgan fingerprint density at radius 1 is 1.41 bits per heavy atom. The Morgan fingerprint density at radius 2 is 2.22 bits per heavy atom. The number of fused-ring (bicyclic) bond motifs is 1. The molecule has 1 saturated heterocycles. The van der Waals surface area contributed by atoms with Crippen LogP contribution >= 0.6 is 0 Å². The van der Waals surface area contributed by atoms with E-state index in [4.69, 9.17) is 0 Å². The first-order valence-corrected chi connectivity index (χ1v) is 9.76. The van der Waals surface area contributed by atoms with Crippen LogP contribution in [0.15, 0.2) is 18.7 Å². The minimum Gasteiger partial charge on any atom is -0.336 e. The largest absolute Gasteiger partial charge is 0.336 e. The number of amides is 3. The second-order valence-corrected chi connectivity index (χ2v) is 7.60. The number of ketones is 1. The maximum Gasteiger partial charge on any atom is 0.324 e. The average Bonchev–Trinajstić information content (AvgIpc) is 3.15. The lowest BCUT2D eigenvalue weighted by Crippen LogP contribution is -2.55. The topological polar surface area (TPSA) is 87.5 Å². The molecule has 1 aliphatic carbocycles. The molecule has 2 heterocycles. The Kier molecular flexibility index (Phi) is 6.26. The number of hydrogen-bond acceptors (Lipinski definition) is 5. The fourth-order valence-electron chi connectivity index (χ4n) is 4.42. The van der Waals surface area contributed by atoms with E-state index in [1.54, 1.807) is 12.5 Å². The number of imide groups is 1. The lowest BCUT2D eigenvalue weighted by Gasteiger charge is -2.45. The molecule has 0 unspecified atom stereocenters. The number of nitrogens with one attached hydrogen (secondary N) is 1. The van der Waals surface area contributed by atoms with Crippen molar-refractivity contribution in [1.29, 1.82) is 0 Å². The van der Waals surface area contributed by atoms with Crippen LogP contribution in [0.2, 0.25) is 0 Å². The summed E-state index contributed by atoms with van der Waals surface area (Å²) in [5.41, 5.74) is 0. The second kappa shape index (κ2) is 8.65. The van der Waals surface area contributed by atoms with Gasteiger partial charge in [0, 0.05) is 57.5 Å². The van der Waals surface area contributed by atoms with Crippen molar-refractivity contribution >= 4 is 17.7 Å². The number of Topliss-reactive ketones (excluding diaryl/α,β-unsaturated/α-hetero) is 1. The molecule has 1 aromatic heterocycles. The summed E-state index contributed by atoms with van der Waals surface area (Å²) < 4.78 is 1.87. The number of aromatic nitrogens is 2. The highest BCUT2D eigenvalue weighted by Gasteiger charge is 2.41. The van der Waals surface area contributed by atoms with E-state index in [1.807, 2.05) is 24.7 Å². The van der Waals surface area contributed by atoms with Crippen LogP contribution in [0.25, 0.3) is 0 Å². The quantitative estimate of drug-likeness (QED) is 0.834. The molecule has 3 amide bonds. The first-order valence-electron chi connectivity index (χ1n) is 9.76. The van der Waals surface area contributed by atoms with E-state index in [-0.39, 0.29) is 23.8 Å². The molecule has 1 saturated carbocycles. The van der Waals surface area contributed by atoms with Crippen molar-refractivity contribution in [2.45, 2.75) is 45.2 Å². The number of nitrogens with zero attached hydrogens (tertiary/aromatic N) is 4. The molecule has 0 spiro atoms. The number of urea groups is 1. The van der Waals surface area contributed by atoms with Crippen LogP contribution in [0.5, 0.6) is 0 Å². The van der Waals surface area contributed by atoms with Gasteiger partial charge in [-0.2, -0.15) is 0 Å². The van der Waals surface area contributed by atoms with Gasteiger partial charge in [0.1, 0.15) is 5.78 Å². The van der Waals surface area contributed by atoms with E-state index < -0.39 is 0 Å². The first kappa shape index (κ1) is 19.5. The number of carbonyl (C=O) groups excluding carboxylic acids is 3. The molecule has 0 bridgehead atoms. The normalized spacial score (nSPS) is 25.7. The molecule has 2 aliphatic rings. The highest BCUT2D eigenvalue weighted by Crippen LogP contribution is 2.36. The summed E-state index contributed by atoms with van der Waals surface area (Å²) in [6, 6.07) is 0.0259. The van der Waals surface area contributed by atoms with Crippen molar-refractivity contribution in [2.75, 3.05) is 26.7 Å². The molecule has 3 rings (SSSR count). The minimum atomic E-state index is -0.355. The molecule has 8 nitrogen and oxygen atoms in total. The van der Waals surface area contributed by atoms with Gasteiger partial charge in [-0.15, -0.1) is 0 Å². The van der Waals surface area contributed by atoms with Crippen LogP contribution in [0.4, 0.5) is 4.79 Å². The van der Waals surface area contributed by atoms with E-state index in [0.29, 0.717) is 57.3 Å². The molecule has 0 aromatic carbocycles. The molecule has 1 aromatic rings. The second-order valence-electron chi connectivity index (χ2n) is 7.60. The van der Waals surface area contributed by atoms with Gasteiger partial charge in [0.25, 0.3) is 0 Å². The summed E-state index contributed by atoms with van der Waals surface area (Å²) in [7, 11) is 2.02. The zero-order valence-electron chi connectivity index (χ0n) is 16.1. The molecule has 8 heteroatoms. The van der Waals surface area contributed by atoms with Gasteiger partial charge in [0.2, 0.25) is 5.91 Å². The Bertz CT molecular complexity index is 675. The number of carbonyl (C=O) groups is 3. The van der Waals surface area contributed by atoms with Gasteiger partial charge in [0.15, 0.2) is 0 Å². The summed E-state index contributed by atoms with van der Waals surface area (Å²) in [5.74, 6) is 0.145. The zero-order valence-corrected chi connectivity index (χ0v) is 16.1. The van der Waals surface area contributed by atoms with Crippen molar-refractivity contribution in [3.8, 4) is 0 Å². The molecule has 0 radical (unpaired) electrons. The summed E-state index contributed by atoms with van der Waals surface area (Å²) in [6.45, 7) is 3.83. The lowest BCUT2D eigenvalue weighted by molar-refractivity contribution is -0.138. The molecular weight excluding hydrogens is 346 g/mol. The Hall–Kier alpha value is -2.22. The Balaban J connectivity index is 1.56. The van der Waals surface area contributed by atoms with E-state index in [2.05, 4.69) is 15.2 Å². The number of hydrogen-bond donors (Lipinski definition) is 1.